The molecule has 1 N–H and O–H groups in total. The van der Waals surface area contributed by atoms with Crippen LogP contribution in [0, 0.1) is 0 Å². The molecule has 1 aromatic carbocycles. The monoisotopic (exact) mass is 261 g/mol. The summed E-state index contributed by atoms with van der Waals surface area (Å²) in [5.41, 5.74) is 0.561. The predicted octanol–water partition coefficient (Wildman–Crippen LogP) is 1.71. The van der Waals surface area contributed by atoms with Gasteiger partial charge in [0.25, 0.3) is 0 Å². The van der Waals surface area contributed by atoms with Crippen LogP contribution in [-0.2, 0) is 14.6 Å². The van der Waals surface area contributed by atoms with E-state index in [1.54, 1.807) is 24.3 Å². The quantitative estimate of drug-likeness (QED) is 0.898. The van der Waals surface area contributed by atoms with E-state index in [4.69, 9.17) is 11.6 Å². The van der Waals surface area contributed by atoms with Crippen molar-refractivity contribution in [3.8, 4) is 0 Å². The average Bonchev–Trinajstić information content (AvgIpc) is 2.14. The summed E-state index contributed by atoms with van der Waals surface area (Å²) in [5, 5.41) is 3.08. The maximum absolute atomic E-state index is 11.4. The number of anilines is 1. The van der Waals surface area contributed by atoms with Gasteiger partial charge in [-0.05, 0) is 18.2 Å². The van der Waals surface area contributed by atoms with E-state index in [0.717, 1.165) is 6.26 Å². The van der Waals surface area contributed by atoms with E-state index in [-0.39, 0.29) is 18.1 Å². The van der Waals surface area contributed by atoms with Crippen molar-refractivity contribution in [1.29, 1.82) is 0 Å². The largest absolute Gasteiger partial charge is 0.326 e. The van der Waals surface area contributed by atoms with Crippen LogP contribution in [0.5, 0.6) is 0 Å². The second kappa shape index (κ2) is 5.32. The molecule has 6 heteroatoms. The fourth-order valence-corrected chi connectivity index (χ4v) is 1.81. The third-order valence-corrected chi connectivity index (χ3v) is 2.99. The highest BCUT2D eigenvalue weighted by Gasteiger charge is 2.08. The lowest BCUT2D eigenvalue weighted by molar-refractivity contribution is -0.115. The van der Waals surface area contributed by atoms with E-state index in [2.05, 4.69) is 5.32 Å². The molecule has 0 fully saturated rings. The van der Waals surface area contributed by atoms with Gasteiger partial charge in [0.05, 0.1) is 5.75 Å². The molecule has 1 amide bonds. The van der Waals surface area contributed by atoms with Gasteiger partial charge in [0, 0.05) is 23.4 Å². The molecular formula is C10H12ClNO3S. The van der Waals surface area contributed by atoms with Gasteiger partial charge in [-0.1, -0.05) is 17.7 Å². The molecular weight excluding hydrogens is 250 g/mol. The summed E-state index contributed by atoms with van der Waals surface area (Å²) in [6, 6.07) is 6.67. The van der Waals surface area contributed by atoms with Gasteiger partial charge in [-0.25, -0.2) is 8.42 Å². The number of carbonyl (C=O) groups excluding carboxylic acids is 1. The van der Waals surface area contributed by atoms with Crippen molar-refractivity contribution in [1.82, 2.24) is 0 Å². The van der Waals surface area contributed by atoms with Crippen molar-refractivity contribution in [2.45, 2.75) is 6.42 Å². The molecule has 0 atom stereocenters. The van der Waals surface area contributed by atoms with Crippen LogP contribution in [0.3, 0.4) is 0 Å². The first-order chi connectivity index (χ1) is 7.37. The van der Waals surface area contributed by atoms with Gasteiger partial charge in [0.1, 0.15) is 9.84 Å². The molecule has 0 aliphatic carbocycles. The van der Waals surface area contributed by atoms with Crippen LogP contribution in [0.15, 0.2) is 24.3 Å². The third kappa shape index (κ3) is 5.14. The number of hydrogen-bond acceptors (Lipinski definition) is 3. The van der Waals surface area contributed by atoms with Crippen LogP contribution < -0.4 is 5.32 Å². The molecule has 0 radical (unpaired) electrons. The summed E-state index contributed by atoms with van der Waals surface area (Å²) in [4.78, 5) is 11.4. The summed E-state index contributed by atoms with van der Waals surface area (Å²) in [6.07, 6.45) is 1.05. The smallest absolute Gasteiger partial charge is 0.225 e. The first-order valence-electron chi connectivity index (χ1n) is 4.60. The molecule has 0 heterocycles. The molecule has 16 heavy (non-hydrogen) atoms. The Morgan fingerprint density at radius 2 is 2.12 bits per heavy atom. The Labute approximate surface area is 99.5 Å². The molecule has 0 bridgehead atoms. The molecule has 88 valence electrons. The zero-order chi connectivity index (χ0) is 12.2. The van der Waals surface area contributed by atoms with E-state index in [0.29, 0.717) is 10.7 Å². The fraction of sp³-hybridized carbons (Fsp3) is 0.300. The number of benzene rings is 1. The Morgan fingerprint density at radius 3 is 2.69 bits per heavy atom. The fourth-order valence-electron chi connectivity index (χ4n) is 1.07. The Hall–Kier alpha value is -1.07. The summed E-state index contributed by atoms with van der Waals surface area (Å²) in [5.74, 6) is -0.493. The second-order valence-corrected chi connectivity index (χ2v) is 6.13. The highest BCUT2D eigenvalue weighted by molar-refractivity contribution is 7.90. The highest BCUT2D eigenvalue weighted by atomic mass is 35.5. The van der Waals surface area contributed by atoms with Crippen molar-refractivity contribution < 1.29 is 13.2 Å². The third-order valence-electron chi connectivity index (χ3n) is 1.81. The number of halogens is 1. The standard InChI is InChI=1S/C10H12ClNO3S/c1-16(14,15)6-5-10(13)12-9-4-2-3-8(11)7-9/h2-4,7H,5-6H2,1H3,(H,12,13). The van der Waals surface area contributed by atoms with Crippen molar-refractivity contribution in [2.75, 3.05) is 17.3 Å². The minimum atomic E-state index is -3.11. The minimum absolute atomic E-state index is 0.0503. The molecule has 0 unspecified atom stereocenters. The van der Waals surface area contributed by atoms with E-state index < -0.39 is 9.84 Å². The van der Waals surface area contributed by atoms with Gasteiger partial charge in [-0.15, -0.1) is 0 Å². The second-order valence-electron chi connectivity index (χ2n) is 3.44. The van der Waals surface area contributed by atoms with E-state index in [1.807, 2.05) is 0 Å². The number of nitrogens with one attached hydrogen (secondary N) is 1. The lowest BCUT2D eigenvalue weighted by Gasteiger charge is -2.04. The normalized spacial score (nSPS) is 11.1. The van der Waals surface area contributed by atoms with Crippen LogP contribution in [0.4, 0.5) is 5.69 Å². The van der Waals surface area contributed by atoms with Gasteiger partial charge < -0.3 is 5.32 Å². The molecule has 0 saturated heterocycles. The molecule has 0 aliphatic heterocycles. The SMILES string of the molecule is CS(=O)(=O)CCC(=O)Nc1cccc(Cl)c1. The Kier molecular flexibility index (Phi) is 4.32. The maximum Gasteiger partial charge on any atom is 0.225 e. The Balaban J connectivity index is 2.52. The van der Waals surface area contributed by atoms with Crippen LogP contribution in [0.1, 0.15) is 6.42 Å². The minimum Gasteiger partial charge on any atom is -0.326 e. The van der Waals surface area contributed by atoms with Gasteiger partial charge in [0.2, 0.25) is 5.91 Å². The summed E-state index contributed by atoms with van der Waals surface area (Å²) in [6.45, 7) is 0. The molecule has 1 aromatic rings. The number of carbonyl (C=O) groups is 1. The topological polar surface area (TPSA) is 63.2 Å². The molecule has 0 saturated carbocycles. The van der Waals surface area contributed by atoms with Crippen LogP contribution in [-0.4, -0.2) is 26.3 Å². The van der Waals surface area contributed by atoms with E-state index in [9.17, 15) is 13.2 Å². The predicted molar refractivity (Wildman–Crippen MR) is 64.4 cm³/mol. The zero-order valence-electron chi connectivity index (χ0n) is 8.73. The van der Waals surface area contributed by atoms with Gasteiger partial charge in [-0.3, -0.25) is 4.79 Å². The van der Waals surface area contributed by atoms with Crippen LogP contribution in [0.25, 0.3) is 0 Å². The van der Waals surface area contributed by atoms with Crippen molar-refractivity contribution in [3.05, 3.63) is 29.3 Å². The molecule has 4 nitrogen and oxygen atoms in total. The summed E-state index contributed by atoms with van der Waals surface area (Å²) in [7, 11) is -3.11. The van der Waals surface area contributed by atoms with Crippen molar-refractivity contribution in [3.63, 3.8) is 0 Å². The van der Waals surface area contributed by atoms with Gasteiger partial charge in [-0.2, -0.15) is 0 Å². The molecule has 0 aliphatic rings. The van der Waals surface area contributed by atoms with Crippen LogP contribution in [0.2, 0.25) is 5.02 Å². The molecule has 1 rings (SSSR count). The average molecular weight is 262 g/mol. The lowest BCUT2D eigenvalue weighted by Crippen LogP contribution is -2.16. The number of hydrogen-bond donors (Lipinski definition) is 1. The van der Waals surface area contributed by atoms with E-state index >= 15 is 0 Å². The zero-order valence-corrected chi connectivity index (χ0v) is 10.3. The Morgan fingerprint density at radius 1 is 1.44 bits per heavy atom. The van der Waals surface area contributed by atoms with Gasteiger partial charge in [0.15, 0.2) is 0 Å². The molecule has 0 aromatic heterocycles. The van der Waals surface area contributed by atoms with Crippen molar-refractivity contribution in [2.24, 2.45) is 0 Å². The number of sulfone groups is 1. The molecule has 0 spiro atoms. The van der Waals surface area contributed by atoms with Crippen LogP contribution >= 0.6 is 11.6 Å². The Bertz CT molecular complexity index is 485. The summed E-state index contributed by atoms with van der Waals surface area (Å²) >= 11 is 5.73. The highest BCUT2D eigenvalue weighted by Crippen LogP contribution is 2.14. The number of amides is 1. The maximum atomic E-state index is 11.4. The van der Waals surface area contributed by atoms with Crippen molar-refractivity contribution >= 4 is 33.0 Å². The summed E-state index contributed by atoms with van der Waals surface area (Å²) < 4.78 is 21.7. The first-order valence-corrected chi connectivity index (χ1v) is 7.04. The lowest BCUT2D eigenvalue weighted by atomic mass is 10.3. The van der Waals surface area contributed by atoms with E-state index in [1.165, 1.54) is 0 Å². The first kappa shape index (κ1) is 13.0. The van der Waals surface area contributed by atoms with Gasteiger partial charge >= 0.3 is 0 Å². The number of rotatable bonds is 4.